The van der Waals surface area contributed by atoms with Crippen molar-refractivity contribution in [3.8, 4) is 0 Å². The maximum Gasteiger partial charge on any atom is 0.288 e. The molecular weight excluding hydrogens is 784 g/mol. The van der Waals surface area contributed by atoms with Crippen LogP contribution in [0.15, 0.2) is 152 Å². The van der Waals surface area contributed by atoms with E-state index < -0.39 is 30.0 Å². The number of hydrogen-bond donors (Lipinski definition) is 0. The van der Waals surface area contributed by atoms with Crippen LogP contribution in [-0.4, -0.2) is 22.9 Å². The lowest BCUT2D eigenvalue weighted by atomic mass is 9.48. The number of ether oxygens (including phenoxy) is 1. The lowest BCUT2D eigenvalue weighted by Gasteiger charge is -2.69. The molecule has 1 saturated carbocycles. The van der Waals surface area contributed by atoms with Gasteiger partial charge in [0, 0.05) is 7.11 Å². The van der Waals surface area contributed by atoms with Crippen LogP contribution in [0, 0.1) is 0 Å². The number of methoxy groups -OCH3 is 1. The minimum Gasteiger partial charge on any atom is -0.381 e. The molecule has 5 aromatic rings. The predicted molar refractivity (Wildman–Crippen MR) is 197 cm³/mol. The van der Waals surface area contributed by atoms with Crippen LogP contribution < -0.4 is 0 Å². The highest BCUT2D eigenvalue weighted by atomic mass is 79.9. The molecule has 3 atom stereocenters. The van der Waals surface area contributed by atoms with E-state index in [1.54, 1.807) is 153 Å². The maximum absolute atomic E-state index is 20.1. The van der Waals surface area contributed by atoms with Gasteiger partial charge in [-0.25, -0.2) is 13.2 Å². The Morgan fingerprint density at radius 2 is 1.00 bits per heavy atom. The first-order valence-electron chi connectivity index (χ1n) is 15.3. The zero-order chi connectivity index (χ0) is 34.3. The number of alkyl halides is 7. The summed E-state index contributed by atoms with van der Waals surface area (Å²) in [6.07, 6.45) is 3.41. The molecule has 1 aliphatic rings. The quantitative estimate of drug-likeness (QED) is 0.142. The SMILES string of the molecule is COCC=Cc1ccccc1C1(Cl)C(F)(c2ccccc2)C(Br)(Br)C(c2ccccc2)(c2ccccc2)C(F)(F)C1(Cl)c1ccccc1. The summed E-state index contributed by atoms with van der Waals surface area (Å²) < 4.78 is 61.2. The molecule has 5 aromatic carbocycles. The third-order valence-electron chi connectivity index (χ3n) is 9.41. The Morgan fingerprint density at radius 1 is 0.583 bits per heavy atom. The first kappa shape index (κ1) is 35.0. The molecule has 0 aliphatic heterocycles. The van der Waals surface area contributed by atoms with E-state index in [2.05, 4.69) is 31.9 Å². The van der Waals surface area contributed by atoms with E-state index in [0.717, 1.165) is 0 Å². The van der Waals surface area contributed by atoms with Gasteiger partial charge in [-0.1, -0.05) is 190 Å². The fourth-order valence-electron chi connectivity index (χ4n) is 7.35. The summed E-state index contributed by atoms with van der Waals surface area (Å²) in [6, 6.07) is 39.1. The third kappa shape index (κ3) is 4.59. The fraction of sp³-hybridized carbons (Fsp3) is 0.200. The lowest BCUT2D eigenvalue weighted by Crippen LogP contribution is -2.81. The largest absolute Gasteiger partial charge is 0.381 e. The van der Waals surface area contributed by atoms with Gasteiger partial charge < -0.3 is 4.74 Å². The molecule has 48 heavy (non-hydrogen) atoms. The van der Waals surface area contributed by atoms with Crippen molar-refractivity contribution in [2.24, 2.45) is 0 Å². The average Bonchev–Trinajstić information content (AvgIpc) is 3.12. The molecule has 0 N–H and O–H groups in total. The van der Waals surface area contributed by atoms with Crippen molar-refractivity contribution in [1.29, 1.82) is 0 Å². The third-order valence-corrected chi connectivity index (χ3v) is 13.3. The lowest BCUT2D eigenvalue weighted by molar-refractivity contribution is -0.186. The number of halogens is 7. The standard InChI is InChI=1S/C40H31Br2Cl2F3O/c1-48-28-16-18-29-17-14-15-27-34(29)37(44)36(43,32-23-10-4-11-24-32)40(46,47)35(30-19-6-2-7-20-30,31-21-8-3-9-22-31)39(41,42)38(37,45)33-25-12-5-13-26-33/h2-27H,28H2,1H3. The van der Waals surface area contributed by atoms with Crippen LogP contribution in [0.3, 0.4) is 0 Å². The second kappa shape index (κ2) is 13.1. The molecule has 0 radical (unpaired) electrons. The van der Waals surface area contributed by atoms with Gasteiger partial charge in [-0.15, -0.1) is 23.2 Å². The minimum atomic E-state index is -4.05. The van der Waals surface area contributed by atoms with Gasteiger partial charge in [0.2, 0.25) is 0 Å². The van der Waals surface area contributed by atoms with E-state index in [9.17, 15) is 0 Å². The van der Waals surface area contributed by atoms with Gasteiger partial charge in [0.05, 0.1) is 6.61 Å². The molecule has 0 spiro atoms. The maximum atomic E-state index is 20.1. The Hall–Kier alpha value is -2.87. The average molecular weight is 815 g/mol. The first-order chi connectivity index (χ1) is 23.0. The van der Waals surface area contributed by atoms with Crippen molar-refractivity contribution in [2.75, 3.05) is 13.7 Å². The summed E-state index contributed by atoms with van der Waals surface area (Å²) >= 11 is 23.1. The van der Waals surface area contributed by atoms with Gasteiger partial charge in [-0.3, -0.25) is 0 Å². The van der Waals surface area contributed by atoms with E-state index in [0.29, 0.717) is 5.56 Å². The molecule has 0 amide bonds. The van der Waals surface area contributed by atoms with Crippen molar-refractivity contribution in [3.05, 3.63) is 185 Å². The Morgan fingerprint density at radius 3 is 1.48 bits per heavy atom. The predicted octanol–water partition coefficient (Wildman–Crippen LogP) is 11.9. The molecule has 0 saturated heterocycles. The molecule has 8 heteroatoms. The monoisotopic (exact) mass is 812 g/mol. The van der Waals surface area contributed by atoms with Gasteiger partial charge in [-0.05, 0) is 33.4 Å². The number of hydrogen-bond acceptors (Lipinski definition) is 1. The zero-order valence-corrected chi connectivity index (χ0v) is 30.5. The summed E-state index contributed by atoms with van der Waals surface area (Å²) in [5.74, 6) is -4.05. The Kier molecular flexibility index (Phi) is 9.55. The first-order valence-corrected chi connectivity index (χ1v) is 17.6. The van der Waals surface area contributed by atoms with Crippen LogP contribution in [0.25, 0.3) is 6.08 Å². The molecule has 0 bridgehead atoms. The van der Waals surface area contributed by atoms with Crippen LogP contribution in [0.2, 0.25) is 0 Å². The summed E-state index contributed by atoms with van der Waals surface area (Å²) in [4.78, 5) is -5.66. The molecule has 246 valence electrons. The van der Waals surface area contributed by atoms with E-state index in [-0.39, 0.29) is 34.4 Å². The minimum absolute atomic E-state index is 0.0390. The van der Waals surface area contributed by atoms with E-state index in [1.165, 1.54) is 12.1 Å². The topological polar surface area (TPSA) is 9.23 Å². The second-order valence-electron chi connectivity index (χ2n) is 11.8. The summed E-state index contributed by atoms with van der Waals surface area (Å²) in [5, 5.41) is 0. The molecule has 0 heterocycles. The van der Waals surface area contributed by atoms with Gasteiger partial charge in [0.1, 0.15) is 13.5 Å². The van der Waals surface area contributed by atoms with Gasteiger partial charge in [-0.2, -0.15) is 0 Å². The summed E-state index contributed by atoms with van der Waals surface area (Å²) in [6.45, 7) is 0.232. The summed E-state index contributed by atoms with van der Waals surface area (Å²) in [5.41, 5.74) is -4.74. The van der Waals surface area contributed by atoms with E-state index in [1.807, 2.05) is 0 Å². The Bertz CT molecular complexity index is 1780. The van der Waals surface area contributed by atoms with Crippen molar-refractivity contribution in [2.45, 2.75) is 30.0 Å². The van der Waals surface area contributed by atoms with Crippen molar-refractivity contribution < 1.29 is 17.9 Å². The number of benzene rings is 5. The molecule has 6 rings (SSSR count). The fourth-order valence-corrected chi connectivity index (χ4v) is 11.2. The van der Waals surface area contributed by atoms with Crippen molar-refractivity contribution in [3.63, 3.8) is 0 Å². The molecule has 1 fully saturated rings. The van der Waals surface area contributed by atoms with Crippen LogP contribution in [0.4, 0.5) is 13.2 Å². The highest BCUT2D eigenvalue weighted by Gasteiger charge is 2.92. The smallest absolute Gasteiger partial charge is 0.288 e. The van der Waals surface area contributed by atoms with Gasteiger partial charge >= 0.3 is 0 Å². The molecule has 1 nitrogen and oxygen atoms in total. The van der Waals surface area contributed by atoms with Crippen LogP contribution in [0.1, 0.15) is 33.4 Å². The molecule has 0 aromatic heterocycles. The zero-order valence-electron chi connectivity index (χ0n) is 25.8. The highest BCUT2D eigenvalue weighted by molar-refractivity contribution is 9.25. The Balaban J connectivity index is 1.91. The van der Waals surface area contributed by atoms with E-state index >= 15 is 13.2 Å². The normalized spacial score (nSPS) is 25.9. The van der Waals surface area contributed by atoms with Gasteiger partial charge in [0.25, 0.3) is 5.92 Å². The molecule has 3 unspecified atom stereocenters. The number of rotatable bonds is 8. The van der Waals surface area contributed by atoms with E-state index in [4.69, 9.17) is 27.9 Å². The Labute approximate surface area is 306 Å². The molecule has 1 aliphatic carbocycles. The van der Waals surface area contributed by atoms with Gasteiger partial charge in [0.15, 0.2) is 10.5 Å². The van der Waals surface area contributed by atoms with Crippen molar-refractivity contribution in [1.82, 2.24) is 0 Å². The van der Waals surface area contributed by atoms with Crippen molar-refractivity contribution >= 4 is 61.1 Å². The second-order valence-corrected chi connectivity index (χ2v) is 16.4. The molecular formula is C40H31Br2Cl2F3O. The van der Waals surface area contributed by atoms with Crippen LogP contribution in [0.5, 0.6) is 0 Å². The van der Waals surface area contributed by atoms with Crippen LogP contribution >= 0.6 is 55.1 Å². The highest BCUT2D eigenvalue weighted by Crippen LogP contribution is 2.83. The van der Waals surface area contributed by atoms with Crippen LogP contribution in [-0.2, 0) is 25.6 Å². The summed E-state index contributed by atoms with van der Waals surface area (Å²) in [7, 11) is 1.54.